The van der Waals surface area contributed by atoms with Gasteiger partial charge in [-0.05, 0) is 43.3 Å². The maximum absolute atomic E-state index is 14.0. The molecule has 1 amide bonds. The van der Waals surface area contributed by atoms with Crippen LogP contribution in [0.2, 0.25) is 10.0 Å². The van der Waals surface area contributed by atoms with Crippen LogP contribution in [0.4, 0.5) is 10.1 Å². The summed E-state index contributed by atoms with van der Waals surface area (Å²) in [5, 5.41) is 6.36. The van der Waals surface area contributed by atoms with Crippen LogP contribution in [0.5, 0.6) is 5.75 Å². The minimum absolute atomic E-state index is 0.0264. The smallest absolute Gasteiger partial charge is 0.280 e. The Labute approximate surface area is 189 Å². The number of nitrogens with zero attached hydrogens (tertiary/aromatic N) is 2. The van der Waals surface area contributed by atoms with Crippen LogP contribution in [0.15, 0.2) is 77.4 Å². The molecule has 156 valence electrons. The van der Waals surface area contributed by atoms with Crippen LogP contribution >= 0.6 is 23.2 Å². The van der Waals surface area contributed by atoms with Gasteiger partial charge < -0.3 is 4.74 Å². The lowest BCUT2D eigenvalue weighted by atomic mass is 10.1. The Morgan fingerprint density at radius 3 is 2.52 bits per heavy atom. The fraction of sp³-hybridized carbons (Fsp3) is 0.0833. The van der Waals surface area contributed by atoms with Gasteiger partial charge in [0.1, 0.15) is 18.2 Å². The summed E-state index contributed by atoms with van der Waals surface area (Å²) in [6, 6.07) is 18.6. The fourth-order valence-electron chi connectivity index (χ4n) is 3.19. The quantitative estimate of drug-likeness (QED) is 0.411. The highest BCUT2D eigenvalue weighted by atomic mass is 35.5. The lowest BCUT2D eigenvalue weighted by molar-refractivity contribution is -0.114. The molecule has 0 fully saturated rings. The first-order chi connectivity index (χ1) is 14.9. The molecule has 1 aliphatic heterocycles. The predicted octanol–water partition coefficient (Wildman–Crippen LogP) is 6.52. The number of carbonyl (C=O) groups is 1. The van der Waals surface area contributed by atoms with Crippen LogP contribution in [-0.4, -0.2) is 11.6 Å². The summed E-state index contributed by atoms with van der Waals surface area (Å²) in [5.74, 6) is -0.347. The maximum atomic E-state index is 14.0. The summed E-state index contributed by atoms with van der Waals surface area (Å²) >= 11 is 12.6. The molecule has 7 heteroatoms. The van der Waals surface area contributed by atoms with Gasteiger partial charge in [-0.2, -0.15) is 10.1 Å². The highest BCUT2D eigenvalue weighted by Crippen LogP contribution is 2.36. The summed E-state index contributed by atoms with van der Waals surface area (Å²) < 4.78 is 19.8. The zero-order valence-electron chi connectivity index (χ0n) is 16.5. The number of benzene rings is 3. The number of hydrogen-bond donors (Lipinski definition) is 0. The summed E-state index contributed by atoms with van der Waals surface area (Å²) in [7, 11) is 0. The van der Waals surface area contributed by atoms with Crippen molar-refractivity contribution in [2.45, 2.75) is 13.5 Å². The van der Waals surface area contributed by atoms with E-state index in [0.717, 1.165) is 0 Å². The normalized spacial score (nSPS) is 14.8. The second kappa shape index (κ2) is 8.92. The molecule has 0 saturated heterocycles. The molecule has 4 nitrogen and oxygen atoms in total. The van der Waals surface area contributed by atoms with E-state index in [1.807, 2.05) is 18.2 Å². The van der Waals surface area contributed by atoms with Gasteiger partial charge in [0.05, 0.1) is 22.0 Å². The van der Waals surface area contributed by atoms with Crippen molar-refractivity contribution in [3.63, 3.8) is 0 Å². The van der Waals surface area contributed by atoms with Crippen molar-refractivity contribution in [1.82, 2.24) is 0 Å². The average molecular weight is 455 g/mol. The molecule has 0 N–H and O–H groups in total. The number of anilines is 1. The SMILES string of the molecule is CC1=NN(c2ccccc2)C(=O)/C1=C/c1cc(Cl)cc(Cl)c1OCc1ccccc1F. The Morgan fingerprint density at radius 2 is 1.77 bits per heavy atom. The number of para-hydroxylation sites is 1. The predicted molar refractivity (Wildman–Crippen MR) is 122 cm³/mol. The van der Waals surface area contributed by atoms with Gasteiger partial charge in [-0.1, -0.05) is 59.6 Å². The molecule has 0 bridgehead atoms. The molecule has 1 aliphatic rings. The second-order valence-electron chi connectivity index (χ2n) is 6.88. The molecule has 1 heterocycles. The third kappa shape index (κ3) is 4.48. The Hall–Kier alpha value is -3.15. The zero-order chi connectivity index (χ0) is 22.0. The highest BCUT2D eigenvalue weighted by Gasteiger charge is 2.29. The van der Waals surface area contributed by atoms with Crippen molar-refractivity contribution >= 4 is 46.6 Å². The van der Waals surface area contributed by atoms with Crippen molar-refractivity contribution < 1.29 is 13.9 Å². The van der Waals surface area contributed by atoms with Crippen LogP contribution in [0.1, 0.15) is 18.1 Å². The molecule has 0 radical (unpaired) electrons. The average Bonchev–Trinajstić information content (AvgIpc) is 3.03. The molecule has 0 spiro atoms. The molecule has 3 aromatic carbocycles. The number of ether oxygens (including phenoxy) is 1. The van der Waals surface area contributed by atoms with E-state index >= 15 is 0 Å². The zero-order valence-corrected chi connectivity index (χ0v) is 18.0. The van der Waals surface area contributed by atoms with E-state index in [1.165, 1.54) is 17.1 Å². The van der Waals surface area contributed by atoms with Crippen molar-refractivity contribution in [2.75, 3.05) is 5.01 Å². The number of hydrogen-bond acceptors (Lipinski definition) is 3. The van der Waals surface area contributed by atoms with Crippen molar-refractivity contribution in [2.24, 2.45) is 5.10 Å². The lowest BCUT2D eigenvalue weighted by Crippen LogP contribution is -2.21. The molecule has 4 rings (SSSR count). The first-order valence-electron chi connectivity index (χ1n) is 9.46. The fourth-order valence-corrected chi connectivity index (χ4v) is 3.75. The van der Waals surface area contributed by atoms with Gasteiger partial charge in [0.2, 0.25) is 0 Å². The highest BCUT2D eigenvalue weighted by molar-refractivity contribution is 6.36. The Morgan fingerprint density at radius 1 is 1.06 bits per heavy atom. The summed E-state index contributed by atoms with van der Waals surface area (Å²) in [6.45, 7) is 1.72. The van der Waals surface area contributed by atoms with Crippen LogP contribution in [0.25, 0.3) is 6.08 Å². The topological polar surface area (TPSA) is 41.9 Å². The molecule has 31 heavy (non-hydrogen) atoms. The van der Waals surface area contributed by atoms with Gasteiger partial charge in [0.25, 0.3) is 5.91 Å². The van der Waals surface area contributed by atoms with Crippen LogP contribution < -0.4 is 9.75 Å². The van der Waals surface area contributed by atoms with Crippen LogP contribution in [0.3, 0.4) is 0 Å². The van der Waals surface area contributed by atoms with E-state index in [-0.39, 0.29) is 23.4 Å². The van der Waals surface area contributed by atoms with E-state index < -0.39 is 0 Å². The number of carbonyl (C=O) groups excluding carboxylic acids is 1. The minimum Gasteiger partial charge on any atom is -0.487 e. The molecular formula is C24H17Cl2FN2O2. The van der Waals surface area contributed by atoms with E-state index in [1.54, 1.807) is 49.4 Å². The summed E-state index contributed by atoms with van der Waals surface area (Å²) in [6.07, 6.45) is 1.64. The standard InChI is InChI=1S/C24H17Cl2FN2O2/c1-15-20(24(30)29(28-15)19-8-3-2-4-9-19)12-17-11-18(25)13-21(26)23(17)31-14-16-7-5-6-10-22(16)27/h2-13H,14H2,1H3/b20-12+. The molecule has 3 aromatic rings. The van der Waals surface area contributed by atoms with E-state index in [2.05, 4.69) is 5.10 Å². The number of amides is 1. The Balaban J connectivity index is 1.68. The Kier molecular flexibility index (Phi) is 6.07. The van der Waals surface area contributed by atoms with Crippen molar-refractivity contribution in [3.8, 4) is 5.75 Å². The minimum atomic E-state index is -0.375. The molecular weight excluding hydrogens is 438 g/mol. The van der Waals surface area contributed by atoms with Gasteiger partial charge in [-0.25, -0.2) is 4.39 Å². The second-order valence-corrected chi connectivity index (χ2v) is 7.73. The summed E-state index contributed by atoms with van der Waals surface area (Å²) in [5.41, 5.74) is 2.48. The van der Waals surface area contributed by atoms with Gasteiger partial charge >= 0.3 is 0 Å². The lowest BCUT2D eigenvalue weighted by Gasteiger charge is -2.14. The van der Waals surface area contributed by atoms with E-state index in [0.29, 0.717) is 38.9 Å². The van der Waals surface area contributed by atoms with Gasteiger partial charge in [0, 0.05) is 16.1 Å². The molecule has 0 saturated carbocycles. The van der Waals surface area contributed by atoms with Gasteiger partial charge in [-0.3, -0.25) is 4.79 Å². The van der Waals surface area contributed by atoms with Crippen LogP contribution in [-0.2, 0) is 11.4 Å². The third-order valence-electron chi connectivity index (χ3n) is 4.73. The number of halogens is 3. The first-order valence-corrected chi connectivity index (χ1v) is 10.2. The first kappa shape index (κ1) is 21.1. The number of rotatable bonds is 5. The largest absolute Gasteiger partial charge is 0.487 e. The molecule has 0 aromatic heterocycles. The summed E-state index contributed by atoms with van der Waals surface area (Å²) in [4.78, 5) is 13.0. The maximum Gasteiger partial charge on any atom is 0.280 e. The van der Waals surface area contributed by atoms with E-state index in [9.17, 15) is 9.18 Å². The Bertz CT molecular complexity index is 1210. The van der Waals surface area contributed by atoms with Gasteiger partial charge in [-0.15, -0.1) is 0 Å². The van der Waals surface area contributed by atoms with Crippen molar-refractivity contribution in [3.05, 3.63) is 99.3 Å². The molecule has 0 atom stereocenters. The number of hydrazone groups is 1. The third-order valence-corrected chi connectivity index (χ3v) is 5.23. The van der Waals surface area contributed by atoms with E-state index in [4.69, 9.17) is 27.9 Å². The van der Waals surface area contributed by atoms with Crippen molar-refractivity contribution in [1.29, 1.82) is 0 Å². The van der Waals surface area contributed by atoms with Gasteiger partial charge in [0.15, 0.2) is 0 Å². The molecule has 0 unspecified atom stereocenters. The monoisotopic (exact) mass is 454 g/mol. The van der Waals surface area contributed by atoms with Crippen LogP contribution in [0, 0.1) is 5.82 Å². The molecule has 0 aliphatic carbocycles.